The first-order valence-electron chi connectivity index (χ1n) is 6.59. The van der Waals surface area contributed by atoms with E-state index in [1.54, 1.807) is 0 Å². The lowest BCUT2D eigenvalue weighted by atomic mass is 9.91. The van der Waals surface area contributed by atoms with Gasteiger partial charge in [0.15, 0.2) is 0 Å². The largest absolute Gasteiger partial charge is 0.313 e. The molecule has 0 aromatic carbocycles. The molecule has 1 unspecified atom stereocenters. The summed E-state index contributed by atoms with van der Waals surface area (Å²) in [7, 11) is 0. The van der Waals surface area contributed by atoms with Crippen LogP contribution in [0.1, 0.15) is 52.1 Å². The Labute approximate surface area is 115 Å². The van der Waals surface area contributed by atoms with E-state index >= 15 is 0 Å². The van der Waals surface area contributed by atoms with Crippen molar-refractivity contribution in [3.05, 3.63) is 10.6 Å². The van der Waals surface area contributed by atoms with E-state index in [1.807, 2.05) is 0 Å². The second-order valence-electron chi connectivity index (χ2n) is 6.14. The minimum atomic E-state index is 0.0729. The van der Waals surface area contributed by atoms with Crippen LogP contribution in [0.4, 0.5) is 0 Å². The molecule has 5 heteroatoms. The Morgan fingerprint density at radius 1 is 1.17 bits per heavy atom. The second kappa shape index (κ2) is 6.59. The third-order valence-corrected chi connectivity index (χ3v) is 3.43. The van der Waals surface area contributed by atoms with Crippen molar-refractivity contribution in [1.29, 1.82) is 0 Å². The van der Waals surface area contributed by atoms with E-state index in [0.29, 0.717) is 12.1 Å². The van der Waals surface area contributed by atoms with Crippen LogP contribution in [0.3, 0.4) is 0 Å². The second-order valence-corrected chi connectivity index (χ2v) is 6.98. The van der Waals surface area contributed by atoms with Gasteiger partial charge in [0.1, 0.15) is 0 Å². The van der Waals surface area contributed by atoms with Crippen LogP contribution in [0, 0.1) is 0 Å². The van der Waals surface area contributed by atoms with Gasteiger partial charge in [0.05, 0.1) is 10.6 Å². The van der Waals surface area contributed by atoms with Gasteiger partial charge < -0.3 is 10.6 Å². The quantitative estimate of drug-likeness (QED) is 0.833. The van der Waals surface area contributed by atoms with Crippen LogP contribution in [0.2, 0.25) is 0 Å². The molecule has 0 bridgehead atoms. The van der Waals surface area contributed by atoms with Crippen LogP contribution in [-0.2, 0) is 12.0 Å². The first-order chi connectivity index (χ1) is 8.30. The van der Waals surface area contributed by atoms with E-state index in [1.165, 1.54) is 16.4 Å². The van der Waals surface area contributed by atoms with Crippen molar-refractivity contribution in [2.24, 2.45) is 0 Å². The van der Waals surface area contributed by atoms with Crippen molar-refractivity contribution >= 4 is 11.5 Å². The molecule has 1 aromatic heterocycles. The van der Waals surface area contributed by atoms with E-state index in [0.717, 1.165) is 18.8 Å². The molecule has 0 saturated heterocycles. The van der Waals surface area contributed by atoms with Gasteiger partial charge in [-0.3, -0.25) is 0 Å². The fraction of sp³-hybridized carbons (Fsp3) is 0.846. The fourth-order valence-electron chi connectivity index (χ4n) is 1.65. The highest BCUT2D eigenvalue weighted by molar-refractivity contribution is 7.05. The molecule has 104 valence electrons. The van der Waals surface area contributed by atoms with E-state index in [-0.39, 0.29) is 5.41 Å². The molecule has 1 aromatic rings. The van der Waals surface area contributed by atoms with Gasteiger partial charge in [-0.25, -0.2) is 0 Å². The Morgan fingerprint density at radius 2 is 1.83 bits per heavy atom. The molecule has 4 nitrogen and oxygen atoms in total. The number of nitrogens with zero attached hydrogens (tertiary/aromatic N) is 2. The van der Waals surface area contributed by atoms with Crippen LogP contribution >= 0.6 is 11.5 Å². The molecule has 0 spiro atoms. The molecule has 0 radical (unpaired) electrons. The monoisotopic (exact) mass is 270 g/mol. The van der Waals surface area contributed by atoms with Gasteiger partial charge >= 0.3 is 0 Å². The van der Waals surface area contributed by atoms with Crippen LogP contribution in [0.5, 0.6) is 0 Å². The molecule has 0 fully saturated rings. The number of nitrogens with one attached hydrogen (secondary N) is 2. The summed E-state index contributed by atoms with van der Waals surface area (Å²) in [5, 5.41) is 11.2. The molecule has 18 heavy (non-hydrogen) atoms. The lowest BCUT2D eigenvalue weighted by molar-refractivity contribution is 0.471. The Bertz CT molecular complexity index is 354. The Morgan fingerprint density at radius 3 is 2.39 bits per heavy atom. The number of hydrogen-bond donors (Lipinski definition) is 2. The zero-order chi connectivity index (χ0) is 13.8. The summed E-state index contributed by atoms with van der Waals surface area (Å²) in [5.41, 5.74) is 1.19. The normalized spacial score (nSPS) is 14.2. The Balaban J connectivity index is 2.46. The predicted molar refractivity (Wildman–Crippen MR) is 78.0 cm³/mol. The van der Waals surface area contributed by atoms with Crippen molar-refractivity contribution in [3.8, 4) is 0 Å². The van der Waals surface area contributed by atoms with Crippen molar-refractivity contribution in [2.75, 3.05) is 6.54 Å². The molecular formula is C13H26N4S. The third-order valence-electron chi connectivity index (χ3n) is 2.71. The van der Waals surface area contributed by atoms with Gasteiger partial charge in [-0.15, -0.1) is 5.10 Å². The summed E-state index contributed by atoms with van der Waals surface area (Å²) >= 11 is 1.50. The fourth-order valence-corrected chi connectivity index (χ4v) is 2.45. The van der Waals surface area contributed by atoms with Crippen molar-refractivity contribution in [2.45, 2.75) is 65.6 Å². The maximum absolute atomic E-state index is 4.25. The molecule has 0 aliphatic heterocycles. The first kappa shape index (κ1) is 15.5. The molecule has 1 atom stereocenters. The number of rotatable bonds is 6. The summed E-state index contributed by atoms with van der Waals surface area (Å²) in [6.45, 7) is 14.9. The van der Waals surface area contributed by atoms with E-state index in [2.05, 4.69) is 61.8 Å². The SMILES string of the molecule is CC(C)NCC(C)NCc1snnc1C(C)(C)C. The van der Waals surface area contributed by atoms with E-state index in [4.69, 9.17) is 0 Å². The van der Waals surface area contributed by atoms with Crippen LogP contribution in [-0.4, -0.2) is 28.2 Å². The lowest BCUT2D eigenvalue weighted by Crippen LogP contribution is -2.38. The first-order valence-corrected chi connectivity index (χ1v) is 7.36. The highest BCUT2D eigenvalue weighted by atomic mass is 32.1. The molecule has 0 aliphatic rings. The molecule has 0 amide bonds. The van der Waals surface area contributed by atoms with E-state index < -0.39 is 0 Å². The van der Waals surface area contributed by atoms with Gasteiger partial charge in [0, 0.05) is 30.6 Å². The molecule has 1 rings (SSSR count). The molecule has 0 aliphatic carbocycles. The van der Waals surface area contributed by atoms with Crippen molar-refractivity contribution < 1.29 is 0 Å². The lowest BCUT2D eigenvalue weighted by Gasteiger charge is -2.19. The summed E-state index contributed by atoms with van der Waals surface area (Å²) in [5.74, 6) is 0. The predicted octanol–water partition coefficient (Wildman–Crippen LogP) is 2.31. The van der Waals surface area contributed by atoms with Crippen LogP contribution in [0.15, 0.2) is 0 Å². The molecule has 0 saturated carbocycles. The van der Waals surface area contributed by atoms with Gasteiger partial charge in [-0.05, 0) is 18.5 Å². The standard InChI is InChI=1S/C13H26N4S/c1-9(2)14-7-10(3)15-8-11-12(13(4,5)6)16-17-18-11/h9-10,14-15H,7-8H2,1-6H3. The maximum Gasteiger partial charge on any atom is 0.0854 e. The van der Waals surface area contributed by atoms with Gasteiger partial charge in [-0.1, -0.05) is 39.1 Å². The number of aromatic nitrogens is 2. The minimum absolute atomic E-state index is 0.0729. The summed E-state index contributed by atoms with van der Waals surface area (Å²) in [4.78, 5) is 1.25. The summed E-state index contributed by atoms with van der Waals surface area (Å²) in [6.07, 6.45) is 0. The van der Waals surface area contributed by atoms with Crippen molar-refractivity contribution in [1.82, 2.24) is 20.2 Å². The van der Waals surface area contributed by atoms with Crippen LogP contribution < -0.4 is 10.6 Å². The third kappa shape index (κ3) is 5.00. The topological polar surface area (TPSA) is 49.8 Å². The maximum atomic E-state index is 4.25. The summed E-state index contributed by atoms with van der Waals surface area (Å²) in [6, 6.07) is 0.978. The van der Waals surface area contributed by atoms with Crippen LogP contribution in [0.25, 0.3) is 0 Å². The zero-order valence-electron chi connectivity index (χ0n) is 12.4. The van der Waals surface area contributed by atoms with Gasteiger partial charge in [0.2, 0.25) is 0 Å². The van der Waals surface area contributed by atoms with Gasteiger partial charge in [-0.2, -0.15) is 0 Å². The number of hydrogen-bond acceptors (Lipinski definition) is 5. The van der Waals surface area contributed by atoms with Crippen molar-refractivity contribution in [3.63, 3.8) is 0 Å². The highest BCUT2D eigenvalue weighted by Gasteiger charge is 2.22. The highest BCUT2D eigenvalue weighted by Crippen LogP contribution is 2.25. The average Bonchev–Trinajstić information content (AvgIpc) is 2.71. The van der Waals surface area contributed by atoms with E-state index in [9.17, 15) is 0 Å². The minimum Gasteiger partial charge on any atom is -0.313 e. The van der Waals surface area contributed by atoms with Gasteiger partial charge in [0.25, 0.3) is 0 Å². The smallest absolute Gasteiger partial charge is 0.0854 e. The molecule has 2 N–H and O–H groups in total. The summed E-state index contributed by atoms with van der Waals surface area (Å²) < 4.78 is 4.08. The molecule has 1 heterocycles. The Hall–Kier alpha value is -0.520. The molecular weight excluding hydrogens is 244 g/mol. The Kier molecular flexibility index (Phi) is 5.69. The zero-order valence-corrected chi connectivity index (χ0v) is 13.2. The average molecular weight is 270 g/mol.